The first kappa shape index (κ1) is 21.0. The van der Waals surface area contributed by atoms with Gasteiger partial charge in [0.15, 0.2) is 0 Å². The number of anilines is 1. The lowest BCUT2D eigenvalue weighted by Crippen LogP contribution is -2.12. The summed E-state index contributed by atoms with van der Waals surface area (Å²) in [5.41, 5.74) is 0.564. The number of allylic oxidation sites excluding steroid dienone is 1. The standard InChI is InChI=1S/C16H16FIN4O2S/c1-11-6-13(17)14(20-10-23)4-5-22(25-18)15(7-11)16(24)12(8-19)9-21(2)3/h4-7,9-10H,1-3H3,(H,20,23)/b5-4?,11-6?,12-9+,14-13?,15-7?. The Morgan fingerprint density at radius 2 is 2.16 bits per heavy atom. The molecule has 0 aliphatic rings. The van der Waals surface area contributed by atoms with Crippen molar-refractivity contribution in [2.75, 3.05) is 19.4 Å². The molecule has 0 saturated heterocycles. The Morgan fingerprint density at radius 3 is 2.68 bits per heavy atom. The van der Waals surface area contributed by atoms with Gasteiger partial charge in [0.2, 0.25) is 12.2 Å². The summed E-state index contributed by atoms with van der Waals surface area (Å²) in [5.74, 6) is -1.14. The van der Waals surface area contributed by atoms with E-state index >= 15 is 0 Å². The fourth-order valence-electron chi connectivity index (χ4n) is 1.84. The van der Waals surface area contributed by atoms with Gasteiger partial charge in [-0.3, -0.25) is 13.6 Å². The molecule has 25 heavy (non-hydrogen) atoms. The zero-order chi connectivity index (χ0) is 19.0. The second-order valence-electron chi connectivity index (χ2n) is 5.10. The summed E-state index contributed by atoms with van der Waals surface area (Å²) in [6.07, 6.45) is 3.24. The minimum Gasteiger partial charge on any atom is -0.382 e. The van der Waals surface area contributed by atoms with Crippen LogP contribution >= 0.6 is 30.3 Å². The summed E-state index contributed by atoms with van der Waals surface area (Å²) in [7, 11) is 4.58. The molecule has 0 bridgehead atoms. The van der Waals surface area contributed by atoms with Gasteiger partial charge in [-0.05, 0) is 30.7 Å². The number of aromatic nitrogens is 1. The van der Waals surface area contributed by atoms with Gasteiger partial charge >= 0.3 is 0 Å². The predicted molar refractivity (Wildman–Crippen MR) is 105 cm³/mol. The van der Waals surface area contributed by atoms with Crippen molar-refractivity contribution in [3.8, 4) is 6.07 Å². The lowest BCUT2D eigenvalue weighted by Gasteiger charge is -2.09. The zero-order valence-corrected chi connectivity index (χ0v) is 16.8. The summed E-state index contributed by atoms with van der Waals surface area (Å²) in [6, 6.07) is 5.91. The molecule has 0 aliphatic heterocycles. The predicted octanol–water partition coefficient (Wildman–Crippen LogP) is 3.63. The maximum atomic E-state index is 14.2. The molecule has 1 heterocycles. The van der Waals surface area contributed by atoms with E-state index < -0.39 is 11.6 Å². The molecule has 0 atom stereocenters. The number of hydrogen-bond donors (Lipinski definition) is 1. The minimum absolute atomic E-state index is 0.0313. The van der Waals surface area contributed by atoms with Gasteiger partial charge in [-0.15, -0.1) is 0 Å². The number of rotatable bonds is 6. The molecule has 9 heteroatoms. The van der Waals surface area contributed by atoms with E-state index in [4.69, 9.17) is 0 Å². The third-order valence-electron chi connectivity index (χ3n) is 2.86. The fourth-order valence-corrected chi connectivity index (χ4v) is 3.19. The molecule has 1 rings (SSSR count). The number of aryl methyl sites for hydroxylation is 1. The number of carbonyl (C=O) groups excluding carboxylic acids is 2. The van der Waals surface area contributed by atoms with Crippen molar-refractivity contribution in [3.05, 3.63) is 53.2 Å². The summed E-state index contributed by atoms with van der Waals surface area (Å²) in [6.45, 7) is 1.62. The number of nitrogens with zero attached hydrogens (tertiary/aromatic N) is 3. The average molecular weight is 474 g/mol. The fraction of sp³-hybridized carbons (Fsp3) is 0.188. The van der Waals surface area contributed by atoms with Crippen molar-refractivity contribution in [2.45, 2.75) is 6.92 Å². The van der Waals surface area contributed by atoms with Gasteiger partial charge < -0.3 is 10.2 Å². The van der Waals surface area contributed by atoms with Crippen LogP contribution in [0.3, 0.4) is 0 Å². The number of carbonyl (C=O) groups is 2. The summed E-state index contributed by atoms with van der Waals surface area (Å²) >= 11 is 1.97. The SMILES string of the molecule is Cc1cc(F)c(NC=O)ccn(SI)c(C(=O)/C(C#N)=C/N(C)C)c1. The number of amides is 1. The monoisotopic (exact) mass is 474 g/mol. The van der Waals surface area contributed by atoms with Gasteiger partial charge in [0.05, 0.1) is 5.69 Å². The van der Waals surface area contributed by atoms with E-state index in [-0.39, 0.29) is 17.0 Å². The first-order chi connectivity index (χ1) is 11.8. The highest BCUT2D eigenvalue weighted by atomic mass is 127. The molecule has 6 nitrogen and oxygen atoms in total. The van der Waals surface area contributed by atoms with Gasteiger partial charge in [0.25, 0.3) is 0 Å². The largest absolute Gasteiger partial charge is 0.382 e. The minimum atomic E-state index is -0.645. The highest BCUT2D eigenvalue weighted by Gasteiger charge is 2.16. The van der Waals surface area contributed by atoms with Gasteiger partial charge in [-0.25, -0.2) is 4.39 Å². The zero-order valence-electron chi connectivity index (χ0n) is 13.8. The highest BCUT2D eigenvalue weighted by Crippen LogP contribution is 2.22. The highest BCUT2D eigenvalue weighted by molar-refractivity contribution is 14.2. The molecule has 132 valence electrons. The molecular formula is C16H16FIN4O2S. The second kappa shape index (κ2) is 10.0. The van der Waals surface area contributed by atoms with E-state index in [1.165, 1.54) is 43.7 Å². The van der Waals surface area contributed by atoms with E-state index in [1.54, 1.807) is 25.9 Å². The van der Waals surface area contributed by atoms with Crippen LogP contribution in [0.25, 0.3) is 0 Å². The Bertz CT molecular complexity index is 798. The molecule has 0 aromatic carbocycles. The Morgan fingerprint density at radius 1 is 1.48 bits per heavy atom. The normalized spacial score (nSPS) is 10.5. The molecule has 1 N–H and O–H groups in total. The van der Waals surface area contributed by atoms with Crippen LogP contribution < -0.4 is 5.32 Å². The smallest absolute Gasteiger partial charge is 0.222 e. The third-order valence-corrected chi connectivity index (χ3v) is 4.60. The van der Waals surface area contributed by atoms with Crippen LogP contribution in [0, 0.1) is 24.1 Å². The van der Waals surface area contributed by atoms with Gasteiger partial charge in [0, 0.05) is 56.8 Å². The number of ketones is 1. The van der Waals surface area contributed by atoms with Crippen LogP contribution in [0.15, 0.2) is 36.2 Å². The molecule has 0 unspecified atom stereocenters. The van der Waals surface area contributed by atoms with Crippen molar-refractivity contribution in [2.24, 2.45) is 0 Å². The summed E-state index contributed by atoms with van der Waals surface area (Å²) in [5, 5.41) is 11.5. The lowest BCUT2D eigenvalue weighted by atomic mass is 10.1. The Balaban J connectivity index is 3.73. The van der Waals surface area contributed by atoms with Crippen LogP contribution in [0.2, 0.25) is 0 Å². The number of halogens is 2. The van der Waals surface area contributed by atoms with E-state index in [2.05, 4.69) is 5.32 Å². The average Bonchev–Trinajstić information content (AvgIpc) is 2.61. The van der Waals surface area contributed by atoms with Crippen molar-refractivity contribution < 1.29 is 14.0 Å². The maximum Gasteiger partial charge on any atom is 0.222 e. The summed E-state index contributed by atoms with van der Waals surface area (Å²) < 4.78 is 15.7. The van der Waals surface area contributed by atoms with Crippen LogP contribution in [0.5, 0.6) is 0 Å². The number of hydrogen-bond acceptors (Lipinski definition) is 5. The van der Waals surface area contributed by atoms with E-state index in [0.717, 1.165) is 0 Å². The number of nitriles is 1. The molecule has 1 aromatic heterocycles. The van der Waals surface area contributed by atoms with Gasteiger partial charge in [-0.1, -0.05) is 0 Å². The Hall–Kier alpha value is -2.06. The van der Waals surface area contributed by atoms with Gasteiger partial charge in [0.1, 0.15) is 23.2 Å². The van der Waals surface area contributed by atoms with Crippen molar-refractivity contribution >= 4 is 48.2 Å². The Kier molecular flexibility index (Phi) is 8.44. The molecule has 1 amide bonds. The summed E-state index contributed by atoms with van der Waals surface area (Å²) in [4.78, 5) is 25.0. The van der Waals surface area contributed by atoms with Crippen molar-refractivity contribution in [1.29, 1.82) is 5.26 Å². The van der Waals surface area contributed by atoms with E-state index in [0.29, 0.717) is 12.0 Å². The van der Waals surface area contributed by atoms with Crippen molar-refractivity contribution in [3.63, 3.8) is 0 Å². The first-order valence-electron chi connectivity index (χ1n) is 6.93. The second-order valence-corrected chi connectivity index (χ2v) is 6.81. The molecule has 0 fully saturated rings. The lowest BCUT2D eigenvalue weighted by molar-refractivity contribution is -0.105. The molecule has 0 radical (unpaired) electrons. The van der Waals surface area contributed by atoms with E-state index in [9.17, 15) is 19.2 Å². The van der Waals surface area contributed by atoms with Crippen LogP contribution in [-0.4, -0.2) is 35.2 Å². The van der Waals surface area contributed by atoms with Crippen molar-refractivity contribution in [1.82, 2.24) is 8.87 Å². The van der Waals surface area contributed by atoms with Crippen LogP contribution in [0.1, 0.15) is 16.1 Å². The molecule has 0 spiro atoms. The topological polar surface area (TPSA) is 78.1 Å². The van der Waals surface area contributed by atoms with Crippen LogP contribution in [-0.2, 0) is 4.79 Å². The van der Waals surface area contributed by atoms with Crippen LogP contribution in [0.4, 0.5) is 10.1 Å². The quantitative estimate of drug-likeness (QED) is 0.224. The number of Topliss-reactive ketones (excluding diaryl/α,β-unsaturated/α-hetero) is 1. The number of nitrogens with one attached hydrogen (secondary N) is 1. The molecule has 0 aliphatic carbocycles. The Labute approximate surface area is 161 Å². The molecular weight excluding hydrogens is 458 g/mol. The first-order valence-corrected chi connectivity index (χ1v) is 10.2. The van der Waals surface area contributed by atoms with Gasteiger partial charge in [-0.2, -0.15) is 5.26 Å². The third kappa shape index (κ3) is 6.06. The molecule has 0 saturated carbocycles. The molecule has 1 aromatic rings. The maximum absolute atomic E-state index is 14.2. The van der Waals surface area contributed by atoms with E-state index in [1.807, 2.05) is 27.3 Å².